The molecule has 2 rings (SSSR count). The molecule has 0 saturated carbocycles. The molecule has 102 valence electrons. The lowest BCUT2D eigenvalue weighted by Gasteiger charge is -2.13. The zero-order valence-electron chi connectivity index (χ0n) is 11.3. The zero-order valence-corrected chi connectivity index (χ0v) is 12.9. The predicted octanol–water partition coefficient (Wildman–Crippen LogP) is 4.38. The molecular weight excluding hydrogens is 302 g/mol. The fourth-order valence-corrected chi connectivity index (χ4v) is 2.76. The summed E-state index contributed by atoms with van der Waals surface area (Å²) in [5, 5.41) is 3.01. The highest BCUT2D eigenvalue weighted by Crippen LogP contribution is 2.20. The molecule has 0 radical (unpaired) electrons. The van der Waals surface area contributed by atoms with E-state index in [2.05, 4.69) is 27.3 Å². The molecule has 0 fully saturated rings. The number of carbonyl (C=O) groups is 1. The Kier molecular flexibility index (Phi) is 5.20. The summed E-state index contributed by atoms with van der Waals surface area (Å²) >= 11 is 3.41. The van der Waals surface area contributed by atoms with Crippen LogP contribution in [0.25, 0.3) is 0 Å². The molecule has 0 saturated heterocycles. The highest BCUT2D eigenvalue weighted by atomic mass is 79.9. The Hall–Kier alpha value is -1.09. The second-order valence-corrected chi connectivity index (χ2v) is 5.99. The molecule has 1 aromatic rings. The van der Waals surface area contributed by atoms with Crippen LogP contribution in [-0.4, -0.2) is 12.5 Å². The maximum atomic E-state index is 12.1. The number of halogens is 1. The molecule has 1 aliphatic rings. The van der Waals surface area contributed by atoms with Crippen molar-refractivity contribution >= 4 is 21.8 Å². The van der Waals surface area contributed by atoms with Crippen LogP contribution in [0.2, 0.25) is 0 Å². The van der Waals surface area contributed by atoms with Gasteiger partial charge in [-0.25, -0.2) is 0 Å². The van der Waals surface area contributed by atoms with Crippen molar-refractivity contribution in [2.24, 2.45) is 0 Å². The van der Waals surface area contributed by atoms with Gasteiger partial charge in [-0.15, -0.1) is 0 Å². The monoisotopic (exact) mass is 321 g/mol. The molecule has 0 atom stereocenters. The fourth-order valence-electron chi connectivity index (χ4n) is 2.40. The topological polar surface area (TPSA) is 29.1 Å². The lowest BCUT2D eigenvalue weighted by molar-refractivity contribution is 0.0953. The Labute approximate surface area is 123 Å². The van der Waals surface area contributed by atoms with Crippen LogP contribution < -0.4 is 5.32 Å². The number of aryl methyl sites for hydroxylation is 1. The van der Waals surface area contributed by atoms with Crippen LogP contribution >= 0.6 is 15.9 Å². The third kappa shape index (κ3) is 4.20. The standard InChI is InChI=1S/C16H20BrNO/c1-12-7-8-14(17)11-15(12)16(19)18-10-9-13-5-3-2-4-6-13/h5,7-8,11H,2-4,6,9-10H2,1H3,(H,18,19). The molecule has 1 amide bonds. The third-order valence-corrected chi connectivity index (χ3v) is 4.05. The van der Waals surface area contributed by atoms with Gasteiger partial charge in [0.2, 0.25) is 0 Å². The Morgan fingerprint density at radius 3 is 2.95 bits per heavy atom. The first-order chi connectivity index (χ1) is 9.16. The number of amides is 1. The van der Waals surface area contributed by atoms with Crippen molar-refractivity contribution in [3.8, 4) is 0 Å². The van der Waals surface area contributed by atoms with Gasteiger partial charge in [0.25, 0.3) is 5.91 Å². The van der Waals surface area contributed by atoms with Gasteiger partial charge in [0.1, 0.15) is 0 Å². The third-order valence-electron chi connectivity index (χ3n) is 3.56. The predicted molar refractivity (Wildman–Crippen MR) is 82.4 cm³/mol. The Morgan fingerprint density at radius 2 is 2.21 bits per heavy atom. The van der Waals surface area contributed by atoms with Crippen LogP contribution in [0.4, 0.5) is 0 Å². The average molecular weight is 322 g/mol. The summed E-state index contributed by atoms with van der Waals surface area (Å²) in [6.45, 7) is 2.70. The first kappa shape index (κ1) is 14.3. The van der Waals surface area contributed by atoms with Crippen molar-refractivity contribution in [1.29, 1.82) is 0 Å². The van der Waals surface area contributed by atoms with Crippen molar-refractivity contribution in [3.05, 3.63) is 45.4 Å². The SMILES string of the molecule is Cc1ccc(Br)cc1C(=O)NCCC1=CCCCC1. The highest BCUT2D eigenvalue weighted by molar-refractivity contribution is 9.10. The smallest absolute Gasteiger partial charge is 0.251 e. The lowest BCUT2D eigenvalue weighted by atomic mass is 9.97. The minimum atomic E-state index is 0.0233. The van der Waals surface area contributed by atoms with E-state index in [1.807, 2.05) is 25.1 Å². The summed E-state index contributed by atoms with van der Waals surface area (Å²) in [5.41, 5.74) is 3.27. The Morgan fingerprint density at radius 1 is 1.37 bits per heavy atom. The van der Waals surface area contributed by atoms with Crippen LogP contribution in [0, 0.1) is 6.92 Å². The first-order valence-corrected chi connectivity index (χ1v) is 7.68. The van der Waals surface area contributed by atoms with E-state index in [0.29, 0.717) is 0 Å². The lowest BCUT2D eigenvalue weighted by Crippen LogP contribution is -2.25. The van der Waals surface area contributed by atoms with E-state index in [1.54, 1.807) is 0 Å². The number of rotatable bonds is 4. The van der Waals surface area contributed by atoms with E-state index in [1.165, 1.54) is 31.3 Å². The molecule has 2 nitrogen and oxygen atoms in total. The van der Waals surface area contributed by atoms with E-state index < -0.39 is 0 Å². The van der Waals surface area contributed by atoms with Crippen LogP contribution in [0.5, 0.6) is 0 Å². The van der Waals surface area contributed by atoms with Gasteiger partial charge in [0, 0.05) is 16.6 Å². The van der Waals surface area contributed by atoms with Gasteiger partial charge < -0.3 is 5.32 Å². The highest BCUT2D eigenvalue weighted by Gasteiger charge is 2.09. The van der Waals surface area contributed by atoms with Gasteiger partial charge >= 0.3 is 0 Å². The summed E-state index contributed by atoms with van der Waals surface area (Å²) < 4.78 is 0.943. The van der Waals surface area contributed by atoms with Crippen LogP contribution in [0.3, 0.4) is 0 Å². The largest absolute Gasteiger partial charge is 0.352 e. The van der Waals surface area contributed by atoms with E-state index in [9.17, 15) is 4.79 Å². The second-order valence-electron chi connectivity index (χ2n) is 5.07. The molecular formula is C16H20BrNO. The van der Waals surface area contributed by atoms with Gasteiger partial charge in [-0.05, 0) is 56.7 Å². The van der Waals surface area contributed by atoms with Gasteiger partial charge in [0.05, 0.1) is 0 Å². The van der Waals surface area contributed by atoms with Crippen molar-refractivity contribution in [2.45, 2.75) is 39.0 Å². The van der Waals surface area contributed by atoms with Crippen molar-refractivity contribution in [3.63, 3.8) is 0 Å². The number of hydrogen-bond donors (Lipinski definition) is 1. The maximum Gasteiger partial charge on any atom is 0.251 e. The summed E-state index contributed by atoms with van der Waals surface area (Å²) in [7, 11) is 0. The fraction of sp³-hybridized carbons (Fsp3) is 0.438. The van der Waals surface area contributed by atoms with Gasteiger partial charge in [-0.2, -0.15) is 0 Å². The van der Waals surface area contributed by atoms with Crippen LogP contribution in [0.1, 0.15) is 48.0 Å². The van der Waals surface area contributed by atoms with Crippen molar-refractivity contribution in [2.75, 3.05) is 6.54 Å². The molecule has 0 aliphatic heterocycles. The van der Waals surface area contributed by atoms with Crippen LogP contribution in [0.15, 0.2) is 34.3 Å². The molecule has 0 heterocycles. The average Bonchev–Trinajstić information content (AvgIpc) is 2.42. The van der Waals surface area contributed by atoms with Crippen molar-refractivity contribution < 1.29 is 4.79 Å². The van der Waals surface area contributed by atoms with Gasteiger partial charge in [0.15, 0.2) is 0 Å². The van der Waals surface area contributed by atoms with E-state index in [-0.39, 0.29) is 5.91 Å². The molecule has 1 N–H and O–H groups in total. The number of allylic oxidation sites excluding steroid dienone is 1. The van der Waals surface area contributed by atoms with E-state index in [4.69, 9.17) is 0 Å². The molecule has 0 aromatic heterocycles. The number of nitrogens with one attached hydrogen (secondary N) is 1. The quantitative estimate of drug-likeness (QED) is 0.819. The molecule has 0 bridgehead atoms. The van der Waals surface area contributed by atoms with Gasteiger partial charge in [-0.1, -0.05) is 33.6 Å². The molecule has 0 spiro atoms. The first-order valence-electron chi connectivity index (χ1n) is 6.89. The Balaban J connectivity index is 1.87. The minimum Gasteiger partial charge on any atom is -0.352 e. The number of benzene rings is 1. The second kappa shape index (κ2) is 6.90. The summed E-state index contributed by atoms with van der Waals surface area (Å²) in [6, 6.07) is 5.80. The molecule has 1 aromatic carbocycles. The molecule has 19 heavy (non-hydrogen) atoms. The number of carbonyl (C=O) groups excluding carboxylic acids is 1. The molecule has 1 aliphatic carbocycles. The minimum absolute atomic E-state index is 0.0233. The van der Waals surface area contributed by atoms with Crippen molar-refractivity contribution in [1.82, 2.24) is 5.32 Å². The summed E-state index contributed by atoms with van der Waals surface area (Å²) in [4.78, 5) is 12.1. The van der Waals surface area contributed by atoms with E-state index in [0.717, 1.165) is 28.6 Å². The summed E-state index contributed by atoms with van der Waals surface area (Å²) in [5.74, 6) is 0.0233. The van der Waals surface area contributed by atoms with Gasteiger partial charge in [-0.3, -0.25) is 4.79 Å². The molecule has 0 unspecified atom stereocenters. The maximum absolute atomic E-state index is 12.1. The normalized spacial score (nSPS) is 14.9. The number of hydrogen-bond acceptors (Lipinski definition) is 1. The van der Waals surface area contributed by atoms with E-state index >= 15 is 0 Å². The summed E-state index contributed by atoms with van der Waals surface area (Å²) in [6.07, 6.45) is 8.33. The van der Waals surface area contributed by atoms with Crippen LogP contribution in [-0.2, 0) is 0 Å². The molecule has 3 heteroatoms. The Bertz CT molecular complexity index is 494. The zero-order chi connectivity index (χ0) is 13.7.